The molecule has 1 fully saturated rings. The number of methoxy groups -OCH3 is 1. The summed E-state index contributed by atoms with van der Waals surface area (Å²) < 4.78 is 40.6. The van der Waals surface area contributed by atoms with Crippen LogP contribution in [0.3, 0.4) is 0 Å². The minimum Gasteiger partial charge on any atom is -0.490 e. The number of aryl methyl sites for hydroxylation is 1. The number of ether oxygens (including phenoxy) is 2. The van der Waals surface area contributed by atoms with Gasteiger partial charge in [0.1, 0.15) is 11.0 Å². The number of aliphatic hydroxyl groups is 1. The van der Waals surface area contributed by atoms with Gasteiger partial charge in [-0.15, -0.1) is 6.58 Å². The number of aliphatic hydroxyl groups excluding tert-OH is 1. The lowest BCUT2D eigenvalue weighted by molar-refractivity contribution is 0.0456. The molecule has 2 aromatic rings. The summed E-state index contributed by atoms with van der Waals surface area (Å²) in [5.41, 5.74) is 3.16. The summed E-state index contributed by atoms with van der Waals surface area (Å²) in [6, 6.07) is 11.3. The zero-order chi connectivity index (χ0) is 33.8. The van der Waals surface area contributed by atoms with Gasteiger partial charge in [-0.1, -0.05) is 49.2 Å². The van der Waals surface area contributed by atoms with Crippen molar-refractivity contribution in [3.8, 4) is 5.75 Å². The van der Waals surface area contributed by atoms with Crippen molar-refractivity contribution in [2.75, 3.05) is 31.7 Å². The Morgan fingerprint density at radius 1 is 1.28 bits per heavy atom. The minimum atomic E-state index is -4.05. The van der Waals surface area contributed by atoms with Crippen LogP contribution in [0.25, 0.3) is 0 Å². The SMILES string of the molecule is C=CC[C@H](OC)[C@H](C)S(=O)(=O)NC(=O)c1ccc2c(c1)N(C[C@@H]1CC[C@H]1[C@@H](O)/C=C/CCC)C[C@@]1(CCCc3cc(Cl)ccc31)CO2. The van der Waals surface area contributed by atoms with Crippen molar-refractivity contribution < 1.29 is 27.8 Å². The Balaban J connectivity index is 1.47. The zero-order valence-corrected chi connectivity index (χ0v) is 29.4. The lowest BCUT2D eigenvalue weighted by atomic mass is 9.68. The fraction of sp³-hybridized carbons (Fsp3) is 0.541. The number of anilines is 1. The Hall–Kier alpha value is -2.85. The maximum Gasteiger partial charge on any atom is 0.264 e. The standard InChI is InChI=1S/C37H49ClN2O6S/c1-5-7-8-12-33(41)30-16-13-28(30)22-40-23-37(19-9-11-26-20-29(38)15-17-31(26)37)24-46-35-18-14-27(21-32(35)40)36(42)39-47(43,44)25(3)34(45-4)10-6-2/h6,8,12,14-15,17-18,20-21,25,28,30,33-34,41H,2,5,7,9-11,13,16,19,22-24H2,1,3-4H3,(H,39,42)/b12-8+/t25-,28-,30+,33-,34-,37-/m0/s1. The molecule has 256 valence electrons. The first kappa shape index (κ1) is 35.5. The summed E-state index contributed by atoms with van der Waals surface area (Å²) in [4.78, 5) is 15.8. The van der Waals surface area contributed by atoms with E-state index in [-0.39, 0.29) is 22.8 Å². The van der Waals surface area contributed by atoms with Gasteiger partial charge in [0.05, 0.1) is 24.5 Å². The van der Waals surface area contributed by atoms with Gasteiger partial charge >= 0.3 is 0 Å². The normalized spacial score (nSPS) is 24.3. The molecule has 0 saturated heterocycles. The Labute approximate surface area is 285 Å². The maximum atomic E-state index is 13.5. The summed E-state index contributed by atoms with van der Waals surface area (Å²) in [5, 5.41) is 10.8. The smallest absolute Gasteiger partial charge is 0.264 e. The van der Waals surface area contributed by atoms with Crippen molar-refractivity contribution in [2.24, 2.45) is 11.8 Å². The molecule has 0 aromatic heterocycles. The number of hydrogen-bond donors (Lipinski definition) is 2. The highest BCUT2D eigenvalue weighted by molar-refractivity contribution is 7.90. The average molecular weight is 685 g/mol. The molecule has 3 aliphatic rings. The number of hydrogen-bond acceptors (Lipinski definition) is 7. The Morgan fingerprint density at radius 2 is 2.09 bits per heavy atom. The number of benzene rings is 2. The highest BCUT2D eigenvalue weighted by Crippen LogP contribution is 2.46. The number of sulfonamides is 1. The van der Waals surface area contributed by atoms with E-state index in [1.165, 1.54) is 25.2 Å². The van der Waals surface area contributed by atoms with Crippen LogP contribution in [0.15, 0.2) is 61.2 Å². The van der Waals surface area contributed by atoms with Gasteiger partial charge in [-0.05, 0) is 105 Å². The molecule has 10 heteroatoms. The van der Waals surface area contributed by atoms with Gasteiger partial charge in [-0.3, -0.25) is 4.79 Å². The van der Waals surface area contributed by atoms with Crippen molar-refractivity contribution in [2.45, 2.75) is 88.1 Å². The molecule has 6 atom stereocenters. The van der Waals surface area contributed by atoms with Gasteiger partial charge in [-0.2, -0.15) is 0 Å². The largest absolute Gasteiger partial charge is 0.490 e. The number of nitrogens with zero attached hydrogens (tertiary/aromatic N) is 1. The summed E-state index contributed by atoms with van der Waals surface area (Å²) in [6.45, 7) is 9.15. The third-order valence-electron chi connectivity index (χ3n) is 10.4. The van der Waals surface area contributed by atoms with Crippen molar-refractivity contribution >= 4 is 33.2 Å². The van der Waals surface area contributed by atoms with Gasteiger partial charge in [0, 0.05) is 36.2 Å². The molecular weight excluding hydrogens is 636 g/mol. The Bertz CT molecular complexity index is 1580. The lowest BCUT2D eigenvalue weighted by Crippen LogP contribution is -2.49. The van der Waals surface area contributed by atoms with E-state index in [0.717, 1.165) is 55.7 Å². The second kappa shape index (κ2) is 15.1. The molecule has 5 rings (SSSR count). The molecule has 2 aromatic carbocycles. The molecule has 0 bridgehead atoms. The fourth-order valence-corrected chi connectivity index (χ4v) is 8.86. The average Bonchev–Trinajstić information content (AvgIpc) is 3.18. The summed E-state index contributed by atoms with van der Waals surface area (Å²) >= 11 is 6.41. The van der Waals surface area contributed by atoms with Gasteiger partial charge in [0.2, 0.25) is 10.0 Å². The monoisotopic (exact) mass is 684 g/mol. The van der Waals surface area contributed by atoms with Crippen LogP contribution < -0.4 is 14.4 Å². The van der Waals surface area contributed by atoms with Crippen LogP contribution >= 0.6 is 11.6 Å². The van der Waals surface area contributed by atoms with E-state index in [9.17, 15) is 18.3 Å². The van der Waals surface area contributed by atoms with E-state index >= 15 is 0 Å². The molecule has 47 heavy (non-hydrogen) atoms. The molecular formula is C37H49ClN2O6S. The molecule has 1 saturated carbocycles. The number of nitrogens with one attached hydrogen (secondary N) is 1. The van der Waals surface area contributed by atoms with Crippen LogP contribution in [0.5, 0.6) is 5.75 Å². The van der Waals surface area contributed by atoms with Crippen LogP contribution in [0.2, 0.25) is 5.02 Å². The van der Waals surface area contributed by atoms with Gasteiger partial charge < -0.3 is 19.5 Å². The van der Waals surface area contributed by atoms with Crippen LogP contribution in [-0.4, -0.2) is 63.7 Å². The molecule has 2 aliphatic carbocycles. The zero-order valence-electron chi connectivity index (χ0n) is 27.8. The van der Waals surface area contributed by atoms with Crippen LogP contribution in [0.1, 0.15) is 80.3 Å². The molecule has 0 unspecified atom stereocenters. The first-order chi connectivity index (χ1) is 22.5. The van der Waals surface area contributed by atoms with Crippen LogP contribution in [-0.2, 0) is 26.6 Å². The number of rotatable bonds is 13. The van der Waals surface area contributed by atoms with E-state index in [0.29, 0.717) is 31.9 Å². The van der Waals surface area contributed by atoms with Crippen LogP contribution in [0.4, 0.5) is 5.69 Å². The predicted octanol–water partition coefficient (Wildman–Crippen LogP) is 6.60. The molecule has 1 spiro atoms. The van der Waals surface area contributed by atoms with E-state index in [2.05, 4.69) is 41.3 Å². The van der Waals surface area contributed by atoms with E-state index in [1.807, 2.05) is 12.1 Å². The van der Waals surface area contributed by atoms with Gasteiger partial charge in [0.25, 0.3) is 5.91 Å². The van der Waals surface area contributed by atoms with E-state index in [4.69, 9.17) is 21.1 Å². The molecule has 1 aliphatic heterocycles. The molecule has 0 radical (unpaired) electrons. The molecule has 1 amide bonds. The number of carbonyl (C=O) groups excluding carboxylic acids is 1. The van der Waals surface area contributed by atoms with Gasteiger partial charge in [-0.25, -0.2) is 13.1 Å². The van der Waals surface area contributed by atoms with E-state index < -0.39 is 33.4 Å². The first-order valence-electron chi connectivity index (χ1n) is 16.9. The fourth-order valence-electron chi connectivity index (χ4n) is 7.48. The van der Waals surface area contributed by atoms with Crippen molar-refractivity contribution in [3.63, 3.8) is 0 Å². The highest BCUT2D eigenvalue weighted by atomic mass is 35.5. The molecule has 2 N–H and O–H groups in total. The highest BCUT2D eigenvalue weighted by Gasteiger charge is 2.44. The maximum absolute atomic E-state index is 13.5. The second-order valence-electron chi connectivity index (χ2n) is 13.5. The molecule has 8 nitrogen and oxygen atoms in total. The third-order valence-corrected chi connectivity index (χ3v) is 12.4. The van der Waals surface area contributed by atoms with Crippen molar-refractivity contribution in [1.29, 1.82) is 0 Å². The minimum absolute atomic E-state index is 0.145. The van der Waals surface area contributed by atoms with Gasteiger partial charge in [0.15, 0.2) is 0 Å². The summed E-state index contributed by atoms with van der Waals surface area (Å²) in [5.74, 6) is 0.344. The first-order valence-corrected chi connectivity index (χ1v) is 18.8. The Morgan fingerprint density at radius 3 is 2.79 bits per heavy atom. The second-order valence-corrected chi connectivity index (χ2v) is 15.9. The number of halogens is 1. The lowest BCUT2D eigenvalue weighted by Gasteiger charge is -2.45. The number of unbranched alkanes of at least 4 members (excludes halogenated alkanes) is 1. The number of fused-ring (bicyclic) bond motifs is 3. The molecule has 1 heterocycles. The third kappa shape index (κ3) is 7.74. The number of carbonyl (C=O) groups is 1. The van der Waals surface area contributed by atoms with Crippen LogP contribution in [0, 0.1) is 11.8 Å². The van der Waals surface area contributed by atoms with Crippen molar-refractivity contribution in [1.82, 2.24) is 4.72 Å². The van der Waals surface area contributed by atoms with E-state index in [1.54, 1.807) is 24.3 Å². The number of allylic oxidation sites excluding steroid dienone is 1. The number of amides is 1. The topological polar surface area (TPSA) is 105 Å². The summed E-state index contributed by atoms with van der Waals surface area (Å²) in [7, 11) is -2.60. The Kier molecular flexibility index (Phi) is 11.4. The quantitative estimate of drug-likeness (QED) is 0.229. The van der Waals surface area contributed by atoms with Crippen molar-refractivity contribution in [3.05, 3.63) is 82.9 Å². The summed E-state index contributed by atoms with van der Waals surface area (Å²) in [6.07, 6.45) is 11.6. The predicted molar refractivity (Wildman–Crippen MR) is 188 cm³/mol.